The molecule has 1 aliphatic heterocycles. The third-order valence-electron chi connectivity index (χ3n) is 4.45. The van der Waals surface area contributed by atoms with Crippen LogP contribution in [0.15, 0.2) is 53.3 Å². The lowest BCUT2D eigenvalue weighted by Crippen LogP contribution is -2.51. The number of amides is 2. The molecule has 0 radical (unpaired) electrons. The van der Waals surface area contributed by atoms with Crippen molar-refractivity contribution in [3.63, 3.8) is 0 Å². The number of carbonyl (C=O) groups excluding carboxylic acids is 2. The van der Waals surface area contributed by atoms with Crippen LogP contribution in [-0.4, -0.2) is 28.8 Å². The minimum absolute atomic E-state index is 0.0469. The molecule has 7 heteroatoms. The molecule has 0 N–H and O–H groups in total. The first-order valence-corrected chi connectivity index (χ1v) is 9.04. The van der Waals surface area contributed by atoms with Gasteiger partial charge in [-0.1, -0.05) is 6.07 Å². The van der Waals surface area contributed by atoms with E-state index in [1.165, 1.54) is 17.8 Å². The third kappa shape index (κ3) is 2.70. The van der Waals surface area contributed by atoms with E-state index in [9.17, 15) is 9.59 Å². The summed E-state index contributed by atoms with van der Waals surface area (Å²) in [6.45, 7) is 3.88. The van der Waals surface area contributed by atoms with Crippen LogP contribution in [0.4, 0.5) is 11.4 Å². The van der Waals surface area contributed by atoms with E-state index in [4.69, 9.17) is 4.42 Å². The van der Waals surface area contributed by atoms with Crippen LogP contribution in [0.25, 0.3) is 10.4 Å². The Labute approximate surface area is 154 Å². The Morgan fingerprint density at radius 1 is 1.23 bits per heavy atom. The summed E-state index contributed by atoms with van der Waals surface area (Å²) in [6.07, 6.45) is 3.23. The molecule has 0 saturated carbocycles. The summed E-state index contributed by atoms with van der Waals surface area (Å²) in [4.78, 5) is 29.6. The molecule has 4 rings (SSSR count). The molecule has 2 amide bonds. The molecule has 0 aliphatic carbocycles. The summed E-state index contributed by atoms with van der Waals surface area (Å²) in [5.41, 5.74) is 2.39. The molecule has 6 nitrogen and oxygen atoms in total. The number of rotatable bonds is 2. The highest BCUT2D eigenvalue weighted by Crippen LogP contribution is 2.40. The van der Waals surface area contributed by atoms with E-state index >= 15 is 0 Å². The van der Waals surface area contributed by atoms with E-state index in [-0.39, 0.29) is 23.6 Å². The van der Waals surface area contributed by atoms with Crippen molar-refractivity contribution >= 4 is 34.7 Å². The number of hydrogen-bond donors (Lipinski definition) is 0. The SMILES string of the molecule is CC(=O)N1c2ccc(-c3ccns3)cc2N(C(=O)c2ccco2)CC1C. The van der Waals surface area contributed by atoms with E-state index in [0.717, 1.165) is 16.1 Å². The first-order valence-electron chi connectivity index (χ1n) is 8.26. The Balaban J connectivity index is 1.85. The summed E-state index contributed by atoms with van der Waals surface area (Å²) < 4.78 is 9.44. The number of fused-ring (bicyclic) bond motifs is 1. The van der Waals surface area contributed by atoms with Gasteiger partial charge in [-0.2, -0.15) is 0 Å². The van der Waals surface area contributed by atoms with Gasteiger partial charge in [0, 0.05) is 19.7 Å². The van der Waals surface area contributed by atoms with Crippen LogP contribution >= 0.6 is 11.5 Å². The topological polar surface area (TPSA) is 66.7 Å². The van der Waals surface area contributed by atoms with Crippen molar-refractivity contribution in [1.29, 1.82) is 0 Å². The summed E-state index contributed by atoms with van der Waals surface area (Å²) in [5, 5.41) is 0. The van der Waals surface area contributed by atoms with Gasteiger partial charge < -0.3 is 14.2 Å². The highest BCUT2D eigenvalue weighted by atomic mass is 32.1. The molecule has 0 spiro atoms. The highest BCUT2D eigenvalue weighted by molar-refractivity contribution is 7.09. The van der Waals surface area contributed by atoms with E-state index in [1.807, 2.05) is 31.2 Å². The van der Waals surface area contributed by atoms with Gasteiger partial charge in [0.05, 0.1) is 28.6 Å². The van der Waals surface area contributed by atoms with Crippen LogP contribution in [0, 0.1) is 0 Å². The number of hydrogen-bond acceptors (Lipinski definition) is 5. The van der Waals surface area contributed by atoms with Gasteiger partial charge in [0.15, 0.2) is 5.76 Å². The summed E-state index contributed by atoms with van der Waals surface area (Å²) in [6, 6.07) is 10.9. The average Bonchev–Trinajstić information content (AvgIpc) is 3.33. The van der Waals surface area contributed by atoms with E-state index < -0.39 is 0 Å². The number of carbonyl (C=O) groups is 2. The van der Waals surface area contributed by atoms with Gasteiger partial charge in [0.2, 0.25) is 5.91 Å². The number of anilines is 2. The molecule has 1 unspecified atom stereocenters. The fourth-order valence-electron chi connectivity index (χ4n) is 3.35. The van der Waals surface area contributed by atoms with Crippen LogP contribution in [0.1, 0.15) is 24.4 Å². The number of benzene rings is 1. The van der Waals surface area contributed by atoms with Gasteiger partial charge in [-0.05, 0) is 54.4 Å². The molecule has 0 bridgehead atoms. The van der Waals surface area contributed by atoms with Gasteiger partial charge in [-0.3, -0.25) is 9.59 Å². The molecule has 1 aliphatic rings. The second-order valence-electron chi connectivity index (χ2n) is 6.21. The molecule has 0 fully saturated rings. The third-order valence-corrected chi connectivity index (χ3v) is 5.25. The Morgan fingerprint density at radius 2 is 2.08 bits per heavy atom. The van der Waals surface area contributed by atoms with Gasteiger partial charge in [-0.25, -0.2) is 4.37 Å². The van der Waals surface area contributed by atoms with Crippen molar-refractivity contribution in [1.82, 2.24) is 4.37 Å². The monoisotopic (exact) mass is 367 g/mol. The van der Waals surface area contributed by atoms with Crippen molar-refractivity contribution in [2.75, 3.05) is 16.3 Å². The van der Waals surface area contributed by atoms with E-state index in [0.29, 0.717) is 12.2 Å². The zero-order valence-electron chi connectivity index (χ0n) is 14.4. The maximum Gasteiger partial charge on any atom is 0.294 e. The Morgan fingerprint density at radius 3 is 2.73 bits per heavy atom. The Hall–Kier alpha value is -2.93. The molecular formula is C19H17N3O3S. The molecule has 0 saturated heterocycles. The van der Waals surface area contributed by atoms with E-state index in [2.05, 4.69) is 4.37 Å². The molecular weight excluding hydrogens is 350 g/mol. The van der Waals surface area contributed by atoms with Crippen molar-refractivity contribution < 1.29 is 14.0 Å². The van der Waals surface area contributed by atoms with Gasteiger partial charge in [0.1, 0.15) is 0 Å². The van der Waals surface area contributed by atoms with Crippen molar-refractivity contribution in [3.8, 4) is 10.4 Å². The molecule has 3 heterocycles. The first kappa shape index (κ1) is 16.5. The van der Waals surface area contributed by atoms with Crippen LogP contribution in [0.3, 0.4) is 0 Å². The Bertz CT molecular complexity index is 951. The smallest absolute Gasteiger partial charge is 0.294 e. The predicted octanol–water partition coefficient (Wildman–Crippen LogP) is 3.80. The van der Waals surface area contributed by atoms with Crippen molar-refractivity contribution in [2.24, 2.45) is 0 Å². The van der Waals surface area contributed by atoms with Crippen LogP contribution < -0.4 is 9.80 Å². The summed E-state index contributed by atoms with van der Waals surface area (Å²) in [5.74, 6) is 0.0183. The van der Waals surface area contributed by atoms with Crippen LogP contribution in [-0.2, 0) is 4.79 Å². The summed E-state index contributed by atoms with van der Waals surface area (Å²) >= 11 is 1.39. The van der Waals surface area contributed by atoms with Crippen molar-refractivity contribution in [2.45, 2.75) is 19.9 Å². The fourth-order valence-corrected chi connectivity index (χ4v) is 3.94. The number of nitrogens with zero attached hydrogens (tertiary/aromatic N) is 3. The normalized spacial score (nSPS) is 16.5. The molecule has 26 heavy (non-hydrogen) atoms. The molecule has 2 aromatic heterocycles. The summed E-state index contributed by atoms with van der Waals surface area (Å²) in [7, 11) is 0. The molecule has 3 aromatic rings. The number of furan rings is 1. The predicted molar refractivity (Wildman–Crippen MR) is 101 cm³/mol. The highest BCUT2D eigenvalue weighted by Gasteiger charge is 2.35. The maximum atomic E-state index is 13.0. The van der Waals surface area contributed by atoms with E-state index in [1.54, 1.807) is 35.1 Å². The average molecular weight is 367 g/mol. The van der Waals surface area contributed by atoms with Crippen molar-refractivity contribution in [3.05, 3.63) is 54.6 Å². The molecule has 1 aromatic carbocycles. The maximum absolute atomic E-state index is 13.0. The molecule has 132 valence electrons. The number of aromatic nitrogens is 1. The largest absolute Gasteiger partial charge is 0.459 e. The van der Waals surface area contributed by atoms with Crippen LogP contribution in [0.2, 0.25) is 0 Å². The lowest BCUT2D eigenvalue weighted by Gasteiger charge is -2.40. The second-order valence-corrected chi connectivity index (χ2v) is 7.04. The minimum atomic E-state index is -0.215. The minimum Gasteiger partial charge on any atom is -0.459 e. The zero-order valence-corrected chi connectivity index (χ0v) is 15.2. The standard InChI is InChI=1S/C19H17N3O3S/c1-12-11-21(19(24)17-4-3-9-25-17)16-10-14(18-7-8-20-26-18)5-6-15(16)22(12)13(2)23/h3-10,12H,11H2,1-2H3. The first-order chi connectivity index (χ1) is 12.6. The lowest BCUT2D eigenvalue weighted by atomic mass is 10.0. The van der Waals surface area contributed by atoms with Gasteiger partial charge >= 0.3 is 0 Å². The lowest BCUT2D eigenvalue weighted by molar-refractivity contribution is -0.117. The Kier molecular flexibility index (Phi) is 4.08. The fraction of sp³-hybridized carbons (Fsp3) is 0.211. The van der Waals surface area contributed by atoms with Gasteiger partial charge in [0.25, 0.3) is 5.91 Å². The second kappa shape index (κ2) is 6.42. The molecule has 1 atom stereocenters. The van der Waals surface area contributed by atoms with Gasteiger partial charge in [-0.15, -0.1) is 0 Å². The zero-order chi connectivity index (χ0) is 18.3. The quantitative estimate of drug-likeness (QED) is 0.691. The van der Waals surface area contributed by atoms with Crippen LogP contribution in [0.5, 0.6) is 0 Å².